The van der Waals surface area contributed by atoms with Gasteiger partial charge in [-0.25, -0.2) is 4.98 Å². The van der Waals surface area contributed by atoms with E-state index in [0.717, 1.165) is 5.56 Å². The van der Waals surface area contributed by atoms with Gasteiger partial charge < -0.3 is 14.1 Å². The Hall–Kier alpha value is -2.06. The summed E-state index contributed by atoms with van der Waals surface area (Å²) < 4.78 is 10.3. The lowest BCUT2D eigenvalue weighted by atomic mass is 10.2. The zero-order valence-electron chi connectivity index (χ0n) is 13.2. The van der Waals surface area contributed by atoms with Crippen LogP contribution in [-0.2, 0) is 9.53 Å². The highest BCUT2D eigenvalue weighted by molar-refractivity contribution is 8.00. The van der Waals surface area contributed by atoms with Gasteiger partial charge in [0.1, 0.15) is 16.4 Å². The monoisotopic (exact) mass is 364 g/mol. The number of esters is 1. The summed E-state index contributed by atoms with van der Waals surface area (Å²) in [4.78, 5) is 32.0. The van der Waals surface area contributed by atoms with Gasteiger partial charge in [0.05, 0.1) is 29.3 Å². The van der Waals surface area contributed by atoms with E-state index < -0.39 is 0 Å². The van der Waals surface area contributed by atoms with E-state index in [1.165, 1.54) is 23.1 Å². The van der Waals surface area contributed by atoms with Crippen molar-refractivity contribution in [2.75, 3.05) is 12.4 Å². The lowest BCUT2D eigenvalue weighted by Gasteiger charge is -2.10. The van der Waals surface area contributed by atoms with Crippen LogP contribution in [0.4, 0.5) is 0 Å². The van der Waals surface area contributed by atoms with Gasteiger partial charge in [-0.05, 0) is 26.0 Å². The average Bonchev–Trinajstić information content (AvgIpc) is 3.21. The number of nitrogens with one attached hydrogen (secondary N) is 1. The number of aromatic nitrogens is 2. The normalized spacial score (nSPS) is 12.4. The Bertz CT molecular complexity index is 899. The molecule has 0 radical (unpaired) electrons. The van der Waals surface area contributed by atoms with Crippen LogP contribution in [-0.4, -0.2) is 28.3 Å². The first-order valence-electron chi connectivity index (χ1n) is 7.42. The molecule has 1 N–H and O–H groups in total. The molecule has 8 heteroatoms. The molecular formula is C16H16N2O4S2. The number of hydrogen-bond donors (Lipinski definition) is 1. The van der Waals surface area contributed by atoms with E-state index in [1.54, 1.807) is 19.3 Å². The van der Waals surface area contributed by atoms with Gasteiger partial charge in [-0.2, -0.15) is 0 Å². The number of aromatic amines is 1. The second-order valence-electron chi connectivity index (χ2n) is 5.02. The van der Waals surface area contributed by atoms with Gasteiger partial charge in [-0.1, -0.05) is 0 Å². The number of fused-ring (bicyclic) bond motifs is 1. The summed E-state index contributed by atoms with van der Waals surface area (Å²) in [6.07, 6.45) is 1.57. The van der Waals surface area contributed by atoms with E-state index in [0.29, 0.717) is 28.4 Å². The number of hydrogen-bond acceptors (Lipinski definition) is 7. The van der Waals surface area contributed by atoms with Crippen molar-refractivity contribution in [1.29, 1.82) is 0 Å². The number of rotatable bonds is 6. The number of carbonyl (C=O) groups excluding carboxylic acids is 1. The van der Waals surface area contributed by atoms with Crippen LogP contribution in [0.3, 0.4) is 0 Å². The summed E-state index contributed by atoms with van der Waals surface area (Å²) in [7, 11) is 0. The third kappa shape index (κ3) is 3.39. The molecule has 0 saturated heterocycles. The molecule has 3 aromatic heterocycles. The third-order valence-electron chi connectivity index (χ3n) is 3.39. The van der Waals surface area contributed by atoms with Crippen LogP contribution in [0.15, 0.2) is 33.0 Å². The van der Waals surface area contributed by atoms with Crippen molar-refractivity contribution in [2.45, 2.75) is 19.1 Å². The Kier molecular flexibility index (Phi) is 5.06. The van der Waals surface area contributed by atoms with Gasteiger partial charge in [0.25, 0.3) is 5.56 Å². The van der Waals surface area contributed by atoms with Gasteiger partial charge in [0, 0.05) is 10.9 Å². The third-order valence-corrected chi connectivity index (χ3v) is 5.39. The molecule has 0 fully saturated rings. The van der Waals surface area contributed by atoms with Crippen LogP contribution in [0.2, 0.25) is 0 Å². The fourth-order valence-corrected chi connectivity index (χ4v) is 3.92. The van der Waals surface area contributed by atoms with Crippen LogP contribution >= 0.6 is 23.1 Å². The van der Waals surface area contributed by atoms with E-state index in [2.05, 4.69) is 9.97 Å². The van der Waals surface area contributed by atoms with E-state index >= 15 is 0 Å². The maximum Gasteiger partial charge on any atom is 0.315 e. The van der Waals surface area contributed by atoms with E-state index in [4.69, 9.17) is 9.15 Å². The minimum Gasteiger partial charge on any atom is -0.465 e. The smallest absolute Gasteiger partial charge is 0.315 e. The molecule has 0 aliphatic heterocycles. The molecule has 24 heavy (non-hydrogen) atoms. The second-order valence-corrected chi connectivity index (χ2v) is 7.20. The molecule has 0 aliphatic rings. The second kappa shape index (κ2) is 7.23. The Balaban J connectivity index is 1.86. The van der Waals surface area contributed by atoms with Crippen LogP contribution in [0.1, 0.15) is 24.9 Å². The minimum atomic E-state index is -0.269. The number of thiophene rings is 1. The molecule has 1 unspecified atom stereocenters. The summed E-state index contributed by atoms with van der Waals surface area (Å²) >= 11 is 2.78. The summed E-state index contributed by atoms with van der Waals surface area (Å²) in [5, 5.41) is 2.27. The minimum absolute atomic E-state index is 0.124. The summed E-state index contributed by atoms with van der Waals surface area (Å²) in [5.74, 6) is 1.15. The number of nitrogens with zero attached hydrogens (tertiary/aromatic N) is 1. The number of H-pyrrole nitrogens is 1. The van der Waals surface area contributed by atoms with Gasteiger partial charge in [-0.3, -0.25) is 9.59 Å². The molecule has 0 aromatic carbocycles. The number of carbonyl (C=O) groups is 1. The van der Waals surface area contributed by atoms with E-state index in [1.807, 2.05) is 18.4 Å². The predicted octanol–water partition coefficient (Wildman–Crippen LogP) is 3.60. The zero-order chi connectivity index (χ0) is 17.1. The Morgan fingerprint density at radius 2 is 2.38 bits per heavy atom. The zero-order valence-corrected chi connectivity index (χ0v) is 14.8. The van der Waals surface area contributed by atoms with Crippen LogP contribution < -0.4 is 5.56 Å². The SMILES string of the molecule is CCOC(=O)CSC(C)c1nc2scc(-c3ccco3)c2c(=O)[nH]1. The number of furan rings is 1. The molecule has 6 nitrogen and oxygen atoms in total. The molecule has 3 aromatic rings. The molecule has 0 spiro atoms. The van der Waals surface area contributed by atoms with Gasteiger partial charge in [0.2, 0.25) is 0 Å². The molecular weight excluding hydrogens is 348 g/mol. The summed E-state index contributed by atoms with van der Waals surface area (Å²) in [6.45, 7) is 4.03. The fourth-order valence-electron chi connectivity index (χ4n) is 2.25. The van der Waals surface area contributed by atoms with Crippen LogP contribution in [0, 0.1) is 0 Å². The highest BCUT2D eigenvalue weighted by Gasteiger charge is 2.18. The standard InChI is InChI=1S/C16H16N2O4S2/c1-3-21-12(19)8-23-9(2)14-17-15(20)13-10(7-24-16(13)18-14)11-5-4-6-22-11/h4-7,9H,3,8H2,1-2H3,(H,17,18,20). The van der Waals surface area contributed by atoms with Crippen LogP contribution in [0.5, 0.6) is 0 Å². The maximum absolute atomic E-state index is 12.5. The fraction of sp³-hybridized carbons (Fsp3) is 0.312. The summed E-state index contributed by atoms with van der Waals surface area (Å²) in [5.41, 5.74) is 0.540. The van der Waals surface area contributed by atoms with Crippen molar-refractivity contribution in [3.63, 3.8) is 0 Å². The highest BCUT2D eigenvalue weighted by Crippen LogP contribution is 2.32. The van der Waals surface area contributed by atoms with Gasteiger partial charge >= 0.3 is 5.97 Å². The van der Waals surface area contributed by atoms with Crippen molar-refractivity contribution in [2.24, 2.45) is 0 Å². The van der Waals surface area contributed by atoms with Crippen molar-refractivity contribution >= 4 is 39.3 Å². The topological polar surface area (TPSA) is 85.2 Å². The summed E-state index contributed by atoms with van der Waals surface area (Å²) in [6, 6.07) is 3.59. The molecule has 0 amide bonds. The van der Waals surface area contributed by atoms with Crippen LogP contribution in [0.25, 0.3) is 21.5 Å². The first-order valence-corrected chi connectivity index (χ1v) is 9.35. The molecule has 0 bridgehead atoms. The lowest BCUT2D eigenvalue weighted by Crippen LogP contribution is -2.14. The van der Waals surface area contributed by atoms with Crippen molar-refractivity contribution in [3.05, 3.63) is 40.0 Å². The molecule has 3 rings (SSSR count). The lowest BCUT2D eigenvalue weighted by molar-refractivity contribution is -0.139. The van der Waals surface area contributed by atoms with Crippen molar-refractivity contribution < 1.29 is 13.9 Å². The molecule has 126 valence electrons. The largest absolute Gasteiger partial charge is 0.465 e. The van der Waals surface area contributed by atoms with Gasteiger partial charge in [0.15, 0.2) is 0 Å². The van der Waals surface area contributed by atoms with E-state index in [9.17, 15) is 9.59 Å². The molecule has 3 heterocycles. The van der Waals surface area contributed by atoms with Gasteiger partial charge in [-0.15, -0.1) is 23.1 Å². The first-order chi connectivity index (χ1) is 11.6. The Morgan fingerprint density at radius 1 is 1.54 bits per heavy atom. The van der Waals surface area contributed by atoms with E-state index in [-0.39, 0.29) is 22.5 Å². The Morgan fingerprint density at radius 3 is 3.08 bits per heavy atom. The highest BCUT2D eigenvalue weighted by atomic mass is 32.2. The first kappa shape index (κ1) is 16.8. The molecule has 1 atom stereocenters. The molecule has 0 aliphatic carbocycles. The quantitative estimate of drug-likeness (QED) is 0.673. The number of ether oxygens (including phenoxy) is 1. The predicted molar refractivity (Wildman–Crippen MR) is 95.4 cm³/mol. The molecule has 0 saturated carbocycles. The average molecular weight is 364 g/mol. The van der Waals surface area contributed by atoms with Crippen molar-refractivity contribution in [3.8, 4) is 11.3 Å². The Labute approximate surface area is 146 Å². The maximum atomic E-state index is 12.5. The van der Waals surface area contributed by atoms with Crippen molar-refractivity contribution in [1.82, 2.24) is 9.97 Å². The number of thioether (sulfide) groups is 1.